The van der Waals surface area contributed by atoms with Crippen molar-refractivity contribution in [3.63, 3.8) is 0 Å². The summed E-state index contributed by atoms with van der Waals surface area (Å²) in [5.41, 5.74) is 0. The number of hydrogen-bond donors (Lipinski definition) is 2. The van der Waals surface area contributed by atoms with Crippen molar-refractivity contribution in [2.45, 2.75) is 63.8 Å². The highest BCUT2D eigenvalue weighted by Crippen LogP contribution is 2.26. The first kappa shape index (κ1) is 21.9. The van der Waals surface area contributed by atoms with Crippen molar-refractivity contribution < 1.29 is 14.3 Å². The topological polar surface area (TPSA) is 101 Å². The highest BCUT2D eigenvalue weighted by atomic mass is 32.2. The SMILES string of the molecule is CC(C)CNC(=O)NC(=O)CSc1nnc(N2CCCCC2)n1CC1CCCO1. The van der Waals surface area contributed by atoms with E-state index in [0.29, 0.717) is 24.2 Å². The number of nitrogens with zero attached hydrogens (tertiary/aromatic N) is 4. The average molecular weight is 425 g/mol. The molecule has 0 radical (unpaired) electrons. The van der Waals surface area contributed by atoms with Crippen molar-refractivity contribution in [3.8, 4) is 0 Å². The fourth-order valence-electron chi connectivity index (χ4n) is 3.50. The van der Waals surface area contributed by atoms with E-state index in [0.717, 1.165) is 51.3 Å². The van der Waals surface area contributed by atoms with E-state index in [-0.39, 0.29) is 17.8 Å². The molecule has 2 aliphatic heterocycles. The normalized spacial score (nSPS) is 19.6. The number of carbonyl (C=O) groups is 2. The number of carbonyl (C=O) groups excluding carboxylic acids is 2. The van der Waals surface area contributed by atoms with Gasteiger partial charge in [0.15, 0.2) is 5.16 Å². The fraction of sp³-hybridized carbons (Fsp3) is 0.789. The standard InChI is InChI=1S/C19H32N6O3S/c1-14(2)11-20-17(27)21-16(26)13-29-19-23-22-18(24-8-4-3-5-9-24)25(19)12-15-7-6-10-28-15/h14-15H,3-13H2,1-2H3,(H2,20,21,26,27). The first-order chi connectivity index (χ1) is 14.0. The number of anilines is 1. The molecule has 1 aromatic rings. The second-order valence-corrected chi connectivity index (χ2v) is 8.96. The fourth-order valence-corrected chi connectivity index (χ4v) is 4.24. The van der Waals surface area contributed by atoms with E-state index in [1.165, 1.54) is 18.2 Å². The smallest absolute Gasteiger partial charge is 0.321 e. The van der Waals surface area contributed by atoms with Gasteiger partial charge >= 0.3 is 6.03 Å². The zero-order chi connectivity index (χ0) is 20.6. The zero-order valence-electron chi connectivity index (χ0n) is 17.4. The number of aromatic nitrogens is 3. The Morgan fingerprint density at radius 2 is 2.00 bits per heavy atom. The van der Waals surface area contributed by atoms with Crippen molar-refractivity contribution >= 4 is 29.6 Å². The minimum atomic E-state index is -0.459. The van der Waals surface area contributed by atoms with Gasteiger partial charge in [-0.1, -0.05) is 25.6 Å². The summed E-state index contributed by atoms with van der Waals surface area (Å²) in [5.74, 6) is 0.952. The predicted octanol–water partition coefficient (Wildman–Crippen LogP) is 2.02. The van der Waals surface area contributed by atoms with Crippen LogP contribution in [0, 0.1) is 5.92 Å². The van der Waals surface area contributed by atoms with Crippen molar-refractivity contribution in [1.29, 1.82) is 0 Å². The maximum absolute atomic E-state index is 12.2. The van der Waals surface area contributed by atoms with Gasteiger partial charge in [0, 0.05) is 26.2 Å². The minimum absolute atomic E-state index is 0.110. The zero-order valence-corrected chi connectivity index (χ0v) is 18.2. The largest absolute Gasteiger partial charge is 0.376 e. The summed E-state index contributed by atoms with van der Waals surface area (Å²) in [4.78, 5) is 26.2. The molecule has 2 fully saturated rings. The molecule has 0 bridgehead atoms. The molecule has 2 aliphatic rings. The van der Waals surface area contributed by atoms with Crippen LogP contribution in [0.3, 0.4) is 0 Å². The molecule has 1 aromatic heterocycles. The second kappa shape index (κ2) is 10.8. The molecule has 0 saturated carbocycles. The van der Waals surface area contributed by atoms with Gasteiger partial charge in [0.25, 0.3) is 0 Å². The molecule has 0 aromatic carbocycles. The van der Waals surface area contributed by atoms with Gasteiger partial charge in [-0.3, -0.25) is 14.7 Å². The highest BCUT2D eigenvalue weighted by Gasteiger charge is 2.25. The molecule has 3 amide bonds. The maximum atomic E-state index is 12.2. The first-order valence-electron chi connectivity index (χ1n) is 10.5. The lowest BCUT2D eigenvalue weighted by Crippen LogP contribution is -2.41. The van der Waals surface area contributed by atoms with Gasteiger partial charge in [0.1, 0.15) is 0 Å². The van der Waals surface area contributed by atoms with Gasteiger partial charge in [-0.05, 0) is 38.0 Å². The Morgan fingerprint density at radius 1 is 1.21 bits per heavy atom. The summed E-state index contributed by atoms with van der Waals surface area (Å²) < 4.78 is 7.89. The molecule has 29 heavy (non-hydrogen) atoms. The molecule has 0 spiro atoms. The number of ether oxygens (including phenoxy) is 1. The van der Waals surface area contributed by atoms with Crippen LogP contribution < -0.4 is 15.5 Å². The lowest BCUT2D eigenvalue weighted by atomic mass is 10.1. The number of nitrogens with one attached hydrogen (secondary N) is 2. The predicted molar refractivity (Wildman–Crippen MR) is 112 cm³/mol. The quantitative estimate of drug-likeness (QED) is 0.616. The number of thioether (sulfide) groups is 1. The molecule has 3 heterocycles. The number of amides is 3. The van der Waals surface area contributed by atoms with Crippen LogP contribution in [0.4, 0.5) is 10.7 Å². The molecule has 0 aliphatic carbocycles. The van der Waals surface area contributed by atoms with Crippen LogP contribution in [0.1, 0.15) is 46.0 Å². The lowest BCUT2D eigenvalue weighted by Gasteiger charge is -2.28. The Kier molecular flexibility index (Phi) is 8.17. The van der Waals surface area contributed by atoms with Crippen LogP contribution >= 0.6 is 11.8 Å². The van der Waals surface area contributed by atoms with E-state index in [9.17, 15) is 9.59 Å². The van der Waals surface area contributed by atoms with E-state index in [4.69, 9.17) is 4.74 Å². The summed E-state index contributed by atoms with van der Waals surface area (Å²) >= 11 is 1.30. The first-order valence-corrected chi connectivity index (χ1v) is 11.5. The Labute approximate surface area is 176 Å². The van der Waals surface area contributed by atoms with Gasteiger partial charge in [-0.25, -0.2) is 4.79 Å². The van der Waals surface area contributed by atoms with E-state index in [1.54, 1.807) is 0 Å². The van der Waals surface area contributed by atoms with Gasteiger partial charge in [0.05, 0.1) is 18.4 Å². The molecule has 1 atom stereocenters. The molecule has 1 unspecified atom stereocenters. The molecule has 10 heteroatoms. The molecule has 2 saturated heterocycles. The Morgan fingerprint density at radius 3 is 2.69 bits per heavy atom. The lowest BCUT2D eigenvalue weighted by molar-refractivity contribution is -0.117. The number of hydrogen-bond acceptors (Lipinski definition) is 7. The molecule has 2 N–H and O–H groups in total. The van der Waals surface area contributed by atoms with Gasteiger partial charge in [-0.15, -0.1) is 10.2 Å². The molecule has 162 valence electrons. The van der Waals surface area contributed by atoms with Crippen LogP contribution in [-0.2, 0) is 16.1 Å². The van der Waals surface area contributed by atoms with Crippen molar-refractivity contribution in [2.24, 2.45) is 5.92 Å². The van der Waals surface area contributed by atoms with Crippen LogP contribution in [0.15, 0.2) is 5.16 Å². The number of rotatable bonds is 8. The Bertz CT molecular complexity index is 683. The summed E-state index contributed by atoms with van der Waals surface area (Å²) in [6.45, 7) is 7.97. The van der Waals surface area contributed by atoms with Crippen LogP contribution in [0.2, 0.25) is 0 Å². The maximum Gasteiger partial charge on any atom is 0.321 e. The van der Waals surface area contributed by atoms with E-state index in [1.807, 2.05) is 13.8 Å². The number of piperidine rings is 1. The van der Waals surface area contributed by atoms with Gasteiger partial charge in [0.2, 0.25) is 11.9 Å². The molecular formula is C19H32N6O3S. The monoisotopic (exact) mass is 424 g/mol. The summed E-state index contributed by atoms with van der Waals surface area (Å²) in [6.07, 6.45) is 5.81. The van der Waals surface area contributed by atoms with Crippen molar-refractivity contribution in [2.75, 3.05) is 36.9 Å². The van der Waals surface area contributed by atoms with Crippen molar-refractivity contribution in [1.82, 2.24) is 25.4 Å². The number of urea groups is 1. The molecule has 3 rings (SSSR count). The summed E-state index contributed by atoms with van der Waals surface area (Å²) in [7, 11) is 0. The highest BCUT2D eigenvalue weighted by molar-refractivity contribution is 7.99. The van der Waals surface area contributed by atoms with Gasteiger partial charge in [-0.2, -0.15) is 0 Å². The average Bonchev–Trinajstić information content (AvgIpc) is 3.36. The molecular weight excluding hydrogens is 392 g/mol. The van der Waals surface area contributed by atoms with Gasteiger partial charge < -0.3 is 15.0 Å². The Balaban J connectivity index is 1.60. The summed E-state index contributed by atoms with van der Waals surface area (Å²) in [5, 5.41) is 14.5. The molecule has 9 nitrogen and oxygen atoms in total. The van der Waals surface area contributed by atoms with Crippen LogP contribution in [-0.4, -0.2) is 64.8 Å². The van der Waals surface area contributed by atoms with E-state index in [2.05, 4.69) is 30.3 Å². The minimum Gasteiger partial charge on any atom is -0.376 e. The summed E-state index contributed by atoms with van der Waals surface area (Å²) in [6, 6.07) is -0.459. The van der Waals surface area contributed by atoms with Crippen LogP contribution in [0.25, 0.3) is 0 Å². The third-order valence-corrected chi connectivity index (χ3v) is 5.97. The van der Waals surface area contributed by atoms with E-state index >= 15 is 0 Å². The second-order valence-electron chi connectivity index (χ2n) is 8.02. The Hall–Kier alpha value is -1.81. The van der Waals surface area contributed by atoms with E-state index < -0.39 is 6.03 Å². The number of imide groups is 1. The van der Waals surface area contributed by atoms with Crippen molar-refractivity contribution in [3.05, 3.63) is 0 Å². The third kappa shape index (κ3) is 6.60. The van der Waals surface area contributed by atoms with Crippen LogP contribution in [0.5, 0.6) is 0 Å². The third-order valence-electron chi connectivity index (χ3n) is 5.00.